The maximum Gasteiger partial charge on any atom is 0.388 e. The summed E-state index contributed by atoms with van der Waals surface area (Å²) in [6.07, 6.45) is 0. The smallest absolute Gasteiger partial charge is 0.388 e. The molecule has 0 radical (unpaired) electrons. The molecule has 0 aliphatic carbocycles. The van der Waals surface area contributed by atoms with Gasteiger partial charge in [-0.25, -0.2) is 4.79 Å². The summed E-state index contributed by atoms with van der Waals surface area (Å²) in [6.45, 7) is 1.61. The molecular weight excluding hydrogens is 251 g/mol. The summed E-state index contributed by atoms with van der Waals surface area (Å²) in [7, 11) is 0. The molecule has 1 heterocycles. The van der Waals surface area contributed by atoms with Crippen LogP contribution >= 0.6 is 0 Å². The van der Waals surface area contributed by atoms with Gasteiger partial charge in [0.1, 0.15) is 11.2 Å². The molecule has 0 amide bonds. The highest BCUT2D eigenvalue weighted by Gasteiger charge is 2.23. The van der Waals surface area contributed by atoms with Gasteiger partial charge < -0.3 is 9.47 Å². The minimum Gasteiger partial charge on any atom is -0.456 e. The van der Waals surface area contributed by atoms with Crippen LogP contribution in [0.2, 0.25) is 0 Å². The Kier molecular flexibility index (Phi) is 4.15. The Labute approximate surface area is 102 Å². The summed E-state index contributed by atoms with van der Waals surface area (Å²) in [6, 6.07) is 1.84. The van der Waals surface area contributed by atoms with E-state index in [-0.39, 0.29) is 5.56 Å². The van der Waals surface area contributed by atoms with Crippen molar-refractivity contribution in [2.45, 2.75) is 33.0 Å². The van der Waals surface area contributed by atoms with E-state index >= 15 is 0 Å². The van der Waals surface area contributed by atoms with Crippen molar-refractivity contribution in [1.29, 1.82) is 0 Å². The SMILES string of the molecule is CC(C)(C)OC(=O)c1ccc(F)nc1OC(F)F. The Morgan fingerprint density at radius 1 is 1.33 bits per heavy atom. The molecule has 0 saturated heterocycles. The molecule has 18 heavy (non-hydrogen) atoms. The van der Waals surface area contributed by atoms with E-state index in [4.69, 9.17) is 4.74 Å². The van der Waals surface area contributed by atoms with Gasteiger partial charge in [-0.15, -0.1) is 0 Å². The van der Waals surface area contributed by atoms with Crippen molar-refractivity contribution in [1.82, 2.24) is 4.98 Å². The minimum absolute atomic E-state index is 0.355. The molecule has 100 valence electrons. The van der Waals surface area contributed by atoms with Crippen molar-refractivity contribution < 1.29 is 27.4 Å². The van der Waals surface area contributed by atoms with Crippen LogP contribution in [0.5, 0.6) is 5.88 Å². The number of esters is 1. The Balaban J connectivity index is 3.03. The molecule has 1 aromatic heterocycles. The number of carbonyl (C=O) groups is 1. The monoisotopic (exact) mass is 263 g/mol. The van der Waals surface area contributed by atoms with E-state index in [0.717, 1.165) is 12.1 Å². The number of carbonyl (C=O) groups excluding carboxylic acids is 1. The fraction of sp³-hybridized carbons (Fsp3) is 0.455. The third kappa shape index (κ3) is 4.23. The number of alkyl halides is 2. The van der Waals surface area contributed by atoms with E-state index in [9.17, 15) is 18.0 Å². The molecule has 0 aromatic carbocycles. The average Bonchev–Trinajstić information content (AvgIpc) is 2.13. The zero-order chi connectivity index (χ0) is 13.9. The van der Waals surface area contributed by atoms with E-state index < -0.39 is 30.0 Å². The zero-order valence-electron chi connectivity index (χ0n) is 10.0. The summed E-state index contributed by atoms with van der Waals surface area (Å²) in [5.41, 5.74) is -1.17. The summed E-state index contributed by atoms with van der Waals surface area (Å²) in [5.74, 6) is -2.73. The molecule has 0 unspecified atom stereocenters. The van der Waals surface area contributed by atoms with Crippen molar-refractivity contribution in [2.24, 2.45) is 0 Å². The van der Waals surface area contributed by atoms with Crippen molar-refractivity contribution in [2.75, 3.05) is 0 Å². The molecule has 0 aliphatic rings. The van der Waals surface area contributed by atoms with Gasteiger partial charge in [-0.05, 0) is 32.9 Å². The quantitative estimate of drug-likeness (QED) is 0.621. The van der Waals surface area contributed by atoms with E-state index in [2.05, 4.69) is 9.72 Å². The second kappa shape index (κ2) is 5.24. The summed E-state index contributed by atoms with van der Waals surface area (Å²) >= 11 is 0. The number of nitrogens with zero attached hydrogens (tertiary/aromatic N) is 1. The fourth-order valence-corrected chi connectivity index (χ4v) is 1.08. The Bertz CT molecular complexity index is 444. The van der Waals surface area contributed by atoms with Crippen LogP contribution in [0.4, 0.5) is 13.2 Å². The van der Waals surface area contributed by atoms with Crippen LogP contribution in [0.25, 0.3) is 0 Å². The topological polar surface area (TPSA) is 48.4 Å². The molecule has 0 spiro atoms. The number of aromatic nitrogens is 1. The maximum atomic E-state index is 12.8. The van der Waals surface area contributed by atoms with Crippen LogP contribution in [0.15, 0.2) is 12.1 Å². The molecule has 0 N–H and O–H groups in total. The molecule has 0 atom stereocenters. The first kappa shape index (κ1) is 14.3. The number of ether oxygens (including phenoxy) is 2. The van der Waals surface area contributed by atoms with E-state index in [1.54, 1.807) is 20.8 Å². The van der Waals surface area contributed by atoms with Gasteiger partial charge in [0.05, 0.1) is 0 Å². The Hall–Kier alpha value is -1.79. The van der Waals surface area contributed by atoms with Gasteiger partial charge in [0.25, 0.3) is 0 Å². The lowest BCUT2D eigenvalue weighted by Crippen LogP contribution is -2.24. The number of hydrogen-bond acceptors (Lipinski definition) is 4. The fourth-order valence-electron chi connectivity index (χ4n) is 1.08. The molecule has 7 heteroatoms. The van der Waals surface area contributed by atoms with Crippen LogP contribution < -0.4 is 4.74 Å². The van der Waals surface area contributed by atoms with Crippen LogP contribution in [-0.4, -0.2) is 23.2 Å². The van der Waals surface area contributed by atoms with Crippen molar-refractivity contribution >= 4 is 5.97 Å². The van der Waals surface area contributed by atoms with Crippen LogP contribution in [0.3, 0.4) is 0 Å². The summed E-state index contributed by atoms with van der Waals surface area (Å²) in [5, 5.41) is 0. The molecule has 0 saturated carbocycles. The van der Waals surface area contributed by atoms with E-state index in [1.165, 1.54) is 0 Å². The number of halogens is 3. The average molecular weight is 263 g/mol. The van der Waals surface area contributed by atoms with Gasteiger partial charge >= 0.3 is 12.6 Å². The summed E-state index contributed by atoms with van der Waals surface area (Å²) < 4.78 is 45.9. The Morgan fingerprint density at radius 2 is 1.94 bits per heavy atom. The largest absolute Gasteiger partial charge is 0.456 e. The molecular formula is C11H12F3NO3. The van der Waals surface area contributed by atoms with Gasteiger partial charge in [-0.3, -0.25) is 0 Å². The van der Waals surface area contributed by atoms with Crippen molar-refractivity contribution in [3.05, 3.63) is 23.6 Å². The van der Waals surface area contributed by atoms with Crippen molar-refractivity contribution in [3.8, 4) is 5.88 Å². The standard InChI is InChI=1S/C11H12F3NO3/c1-11(2,3)18-9(16)6-4-5-7(12)15-8(6)17-10(13)14/h4-5,10H,1-3H3. The van der Waals surface area contributed by atoms with Gasteiger partial charge in [0.15, 0.2) is 0 Å². The first-order valence-corrected chi connectivity index (χ1v) is 5.04. The highest BCUT2D eigenvalue weighted by atomic mass is 19.3. The lowest BCUT2D eigenvalue weighted by atomic mass is 10.2. The third-order valence-corrected chi connectivity index (χ3v) is 1.65. The van der Waals surface area contributed by atoms with Gasteiger partial charge in [-0.1, -0.05) is 0 Å². The van der Waals surface area contributed by atoms with Gasteiger partial charge in [0, 0.05) is 0 Å². The highest BCUT2D eigenvalue weighted by Crippen LogP contribution is 2.21. The second-order valence-corrected chi connectivity index (χ2v) is 4.37. The molecule has 4 nitrogen and oxygen atoms in total. The third-order valence-electron chi connectivity index (χ3n) is 1.65. The first-order chi connectivity index (χ1) is 8.19. The lowest BCUT2D eigenvalue weighted by molar-refractivity contribution is -0.0543. The normalized spacial score (nSPS) is 11.5. The molecule has 0 fully saturated rings. The molecule has 1 rings (SSSR count). The zero-order valence-corrected chi connectivity index (χ0v) is 10.0. The van der Waals surface area contributed by atoms with Crippen molar-refractivity contribution in [3.63, 3.8) is 0 Å². The summed E-state index contributed by atoms with van der Waals surface area (Å²) in [4.78, 5) is 14.8. The highest BCUT2D eigenvalue weighted by molar-refractivity contribution is 5.92. The molecule has 1 aromatic rings. The minimum atomic E-state index is -3.21. The number of hydrogen-bond donors (Lipinski definition) is 0. The number of rotatable bonds is 3. The van der Waals surface area contributed by atoms with Gasteiger partial charge in [0.2, 0.25) is 11.8 Å². The Morgan fingerprint density at radius 3 is 2.44 bits per heavy atom. The van der Waals surface area contributed by atoms with Crippen LogP contribution in [0, 0.1) is 5.95 Å². The first-order valence-electron chi connectivity index (χ1n) is 5.04. The van der Waals surface area contributed by atoms with E-state index in [1.807, 2.05) is 0 Å². The van der Waals surface area contributed by atoms with E-state index in [0.29, 0.717) is 0 Å². The molecule has 0 bridgehead atoms. The van der Waals surface area contributed by atoms with Gasteiger partial charge in [-0.2, -0.15) is 18.2 Å². The predicted molar refractivity (Wildman–Crippen MR) is 56.0 cm³/mol. The lowest BCUT2D eigenvalue weighted by Gasteiger charge is -2.20. The molecule has 0 aliphatic heterocycles. The second-order valence-electron chi connectivity index (χ2n) is 4.37. The van der Waals surface area contributed by atoms with Crippen LogP contribution in [-0.2, 0) is 4.74 Å². The maximum absolute atomic E-state index is 12.8. The number of pyridine rings is 1. The van der Waals surface area contributed by atoms with Crippen LogP contribution in [0.1, 0.15) is 31.1 Å². The predicted octanol–water partition coefficient (Wildman–Crippen LogP) is 2.78.